The molecule has 2 unspecified atom stereocenters. The van der Waals surface area contributed by atoms with Crippen LogP contribution in [0.25, 0.3) is 0 Å². The Kier molecular flexibility index (Phi) is 9.09. The minimum absolute atomic E-state index is 0. The maximum absolute atomic E-state index is 12.2. The monoisotopic (exact) mass is 348 g/mol. The van der Waals surface area contributed by atoms with Crippen molar-refractivity contribution in [1.29, 1.82) is 0 Å². The molecule has 1 rings (SSSR count). The molecule has 5 nitrogen and oxygen atoms in total. The van der Waals surface area contributed by atoms with Crippen molar-refractivity contribution in [2.75, 3.05) is 13.6 Å². The second kappa shape index (κ2) is 9.66. The SMILES string of the molecule is CC(NC(=O)C(C)N(C)CCC(=O)O)c1ccc(Cl)cc1.Cl. The van der Waals surface area contributed by atoms with Crippen molar-refractivity contribution in [2.45, 2.75) is 32.4 Å². The first kappa shape index (κ1) is 20.7. The highest BCUT2D eigenvalue weighted by atomic mass is 35.5. The third-order valence-electron chi connectivity index (χ3n) is 3.45. The molecule has 0 saturated heterocycles. The second-order valence-corrected chi connectivity index (χ2v) is 5.52. The Morgan fingerprint density at radius 2 is 1.82 bits per heavy atom. The quantitative estimate of drug-likeness (QED) is 0.794. The maximum atomic E-state index is 12.2. The summed E-state index contributed by atoms with van der Waals surface area (Å²) in [6.07, 6.45) is 0.0147. The van der Waals surface area contributed by atoms with Gasteiger partial charge in [-0.2, -0.15) is 0 Å². The van der Waals surface area contributed by atoms with Gasteiger partial charge < -0.3 is 10.4 Å². The van der Waals surface area contributed by atoms with Crippen LogP contribution >= 0.6 is 24.0 Å². The second-order valence-electron chi connectivity index (χ2n) is 5.08. The summed E-state index contributed by atoms with van der Waals surface area (Å²) in [5.74, 6) is -1.01. The molecule has 0 aromatic heterocycles. The standard InChI is InChI=1S/C15H21ClN2O3.ClH/c1-10(12-4-6-13(16)7-5-12)17-15(21)11(2)18(3)9-8-14(19)20;/h4-7,10-11H,8-9H2,1-3H3,(H,17,21)(H,19,20);1H. The van der Waals surface area contributed by atoms with E-state index in [2.05, 4.69) is 5.32 Å². The van der Waals surface area contributed by atoms with Crippen molar-refractivity contribution in [3.63, 3.8) is 0 Å². The van der Waals surface area contributed by atoms with Crippen LogP contribution in [0.2, 0.25) is 5.02 Å². The van der Waals surface area contributed by atoms with Crippen molar-refractivity contribution >= 4 is 35.9 Å². The zero-order valence-electron chi connectivity index (χ0n) is 12.9. The minimum Gasteiger partial charge on any atom is -0.481 e. The number of rotatable bonds is 7. The Morgan fingerprint density at radius 3 is 2.32 bits per heavy atom. The Bertz CT molecular complexity index is 494. The lowest BCUT2D eigenvalue weighted by atomic mass is 10.1. The van der Waals surface area contributed by atoms with Crippen LogP contribution in [-0.2, 0) is 9.59 Å². The normalized spacial score (nSPS) is 13.1. The Hall–Kier alpha value is -1.30. The van der Waals surface area contributed by atoms with Crippen LogP contribution in [0.1, 0.15) is 31.9 Å². The number of likely N-dealkylation sites (N-methyl/N-ethyl adjacent to an activating group) is 1. The van der Waals surface area contributed by atoms with Gasteiger partial charge in [0, 0.05) is 11.6 Å². The average Bonchev–Trinajstić information content (AvgIpc) is 2.44. The molecule has 0 aliphatic heterocycles. The molecule has 0 bridgehead atoms. The summed E-state index contributed by atoms with van der Waals surface area (Å²) >= 11 is 5.83. The Labute approximate surface area is 142 Å². The van der Waals surface area contributed by atoms with Crippen LogP contribution in [0.15, 0.2) is 24.3 Å². The fourth-order valence-electron chi connectivity index (χ4n) is 1.83. The predicted molar refractivity (Wildman–Crippen MR) is 89.6 cm³/mol. The molecule has 2 N–H and O–H groups in total. The van der Waals surface area contributed by atoms with Gasteiger partial charge in [-0.25, -0.2) is 0 Å². The number of carbonyl (C=O) groups excluding carboxylic acids is 1. The van der Waals surface area contributed by atoms with Crippen LogP contribution in [-0.4, -0.2) is 41.5 Å². The highest BCUT2D eigenvalue weighted by Crippen LogP contribution is 2.16. The summed E-state index contributed by atoms with van der Waals surface area (Å²) in [7, 11) is 1.74. The number of carboxylic acid groups (broad SMARTS) is 1. The number of carbonyl (C=O) groups is 2. The summed E-state index contributed by atoms with van der Waals surface area (Å²) in [5, 5.41) is 12.2. The van der Waals surface area contributed by atoms with Crippen LogP contribution in [0.4, 0.5) is 0 Å². The lowest BCUT2D eigenvalue weighted by molar-refractivity contribution is -0.138. The number of benzene rings is 1. The van der Waals surface area contributed by atoms with Crippen molar-refractivity contribution in [3.05, 3.63) is 34.9 Å². The van der Waals surface area contributed by atoms with Gasteiger partial charge in [-0.3, -0.25) is 14.5 Å². The topological polar surface area (TPSA) is 69.6 Å². The third kappa shape index (κ3) is 6.64. The molecule has 124 valence electrons. The molecule has 22 heavy (non-hydrogen) atoms. The van der Waals surface area contributed by atoms with E-state index in [-0.39, 0.29) is 36.8 Å². The van der Waals surface area contributed by atoms with Crippen LogP contribution in [0, 0.1) is 0 Å². The van der Waals surface area contributed by atoms with E-state index in [1.807, 2.05) is 19.1 Å². The maximum Gasteiger partial charge on any atom is 0.304 e. The number of aliphatic carboxylic acids is 1. The molecule has 0 fully saturated rings. The van der Waals surface area contributed by atoms with Crippen LogP contribution in [0.3, 0.4) is 0 Å². The van der Waals surface area contributed by atoms with Gasteiger partial charge >= 0.3 is 5.97 Å². The van der Waals surface area contributed by atoms with E-state index in [1.54, 1.807) is 31.0 Å². The lowest BCUT2D eigenvalue weighted by Gasteiger charge is -2.25. The first-order valence-electron chi connectivity index (χ1n) is 6.79. The van der Waals surface area contributed by atoms with Gasteiger partial charge in [0.15, 0.2) is 0 Å². The molecule has 1 aromatic carbocycles. The molecule has 0 heterocycles. The largest absolute Gasteiger partial charge is 0.481 e. The minimum atomic E-state index is -0.871. The lowest BCUT2D eigenvalue weighted by Crippen LogP contribution is -2.44. The molecular formula is C15H22Cl2N2O3. The molecule has 1 aromatic rings. The number of nitrogens with zero attached hydrogens (tertiary/aromatic N) is 1. The third-order valence-corrected chi connectivity index (χ3v) is 3.70. The number of nitrogens with one attached hydrogen (secondary N) is 1. The number of amides is 1. The van der Waals surface area contributed by atoms with Crippen molar-refractivity contribution in [3.8, 4) is 0 Å². The van der Waals surface area contributed by atoms with Gasteiger partial charge in [0.1, 0.15) is 0 Å². The molecular weight excluding hydrogens is 327 g/mol. The van der Waals surface area contributed by atoms with E-state index < -0.39 is 5.97 Å². The van der Waals surface area contributed by atoms with Crippen molar-refractivity contribution in [1.82, 2.24) is 10.2 Å². The number of hydrogen-bond donors (Lipinski definition) is 2. The summed E-state index contributed by atoms with van der Waals surface area (Å²) in [6.45, 7) is 3.98. The van der Waals surface area contributed by atoms with E-state index in [1.165, 1.54) is 0 Å². The molecule has 2 atom stereocenters. The first-order chi connectivity index (χ1) is 9.81. The molecule has 7 heteroatoms. The number of hydrogen-bond acceptors (Lipinski definition) is 3. The fourth-order valence-corrected chi connectivity index (χ4v) is 1.96. The average molecular weight is 349 g/mol. The van der Waals surface area contributed by atoms with Gasteiger partial charge in [-0.1, -0.05) is 23.7 Å². The molecule has 0 aliphatic carbocycles. The zero-order valence-corrected chi connectivity index (χ0v) is 14.4. The van der Waals surface area contributed by atoms with Gasteiger partial charge in [0.2, 0.25) is 5.91 Å². The van der Waals surface area contributed by atoms with E-state index in [0.717, 1.165) is 5.56 Å². The van der Waals surface area contributed by atoms with Crippen molar-refractivity contribution in [2.24, 2.45) is 0 Å². The Morgan fingerprint density at radius 1 is 1.27 bits per heavy atom. The van der Waals surface area contributed by atoms with Gasteiger partial charge in [0.05, 0.1) is 18.5 Å². The van der Waals surface area contributed by atoms with E-state index in [9.17, 15) is 9.59 Å². The van der Waals surface area contributed by atoms with Gasteiger partial charge in [0.25, 0.3) is 0 Å². The summed E-state index contributed by atoms with van der Waals surface area (Å²) in [6, 6.07) is 6.77. The van der Waals surface area contributed by atoms with Gasteiger partial charge in [-0.15, -0.1) is 12.4 Å². The summed E-state index contributed by atoms with van der Waals surface area (Å²) in [5.41, 5.74) is 0.966. The summed E-state index contributed by atoms with van der Waals surface area (Å²) < 4.78 is 0. The highest BCUT2D eigenvalue weighted by molar-refractivity contribution is 6.30. The number of carboxylic acids is 1. The zero-order chi connectivity index (χ0) is 16.0. The molecule has 1 amide bonds. The molecule has 0 saturated carbocycles. The number of halogens is 2. The predicted octanol–water partition coefficient (Wildman–Crippen LogP) is 2.73. The van der Waals surface area contributed by atoms with Gasteiger partial charge in [-0.05, 0) is 38.6 Å². The molecule has 0 radical (unpaired) electrons. The fraction of sp³-hybridized carbons (Fsp3) is 0.467. The van der Waals surface area contributed by atoms with E-state index >= 15 is 0 Å². The van der Waals surface area contributed by atoms with Crippen molar-refractivity contribution < 1.29 is 14.7 Å². The molecule has 0 spiro atoms. The van der Waals surface area contributed by atoms with Crippen LogP contribution < -0.4 is 5.32 Å². The highest BCUT2D eigenvalue weighted by Gasteiger charge is 2.20. The van der Waals surface area contributed by atoms with E-state index in [4.69, 9.17) is 16.7 Å². The summed E-state index contributed by atoms with van der Waals surface area (Å²) in [4.78, 5) is 24.4. The van der Waals surface area contributed by atoms with E-state index in [0.29, 0.717) is 11.6 Å². The first-order valence-corrected chi connectivity index (χ1v) is 7.17. The smallest absolute Gasteiger partial charge is 0.304 e. The van der Waals surface area contributed by atoms with Crippen LogP contribution in [0.5, 0.6) is 0 Å². The molecule has 0 aliphatic rings. The Balaban J connectivity index is 0.00000441.